The topological polar surface area (TPSA) is 44.8 Å². The zero-order chi connectivity index (χ0) is 16.7. The van der Waals surface area contributed by atoms with Crippen molar-refractivity contribution < 1.29 is 19.0 Å². The summed E-state index contributed by atoms with van der Waals surface area (Å²) in [5.74, 6) is 0.907. The van der Waals surface area contributed by atoms with Gasteiger partial charge in [-0.05, 0) is 32.9 Å². The van der Waals surface area contributed by atoms with Gasteiger partial charge in [0.1, 0.15) is 17.1 Å². The van der Waals surface area contributed by atoms with Crippen LogP contribution in [0.1, 0.15) is 31.1 Å². The van der Waals surface area contributed by atoms with Gasteiger partial charge in [-0.15, -0.1) is 0 Å². The van der Waals surface area contributed by atoms with E-state index in [1.165, 1.54) is 0 Å². The molecule has 0 saturated heterocycles. The quantitative estimate of drug-likeness (QED) is 0.714. The lowest BCUT2D eigenvalue weighted by Gasteiger charge is -2.16. The van der Waals surface area contributed by atoms with Crippen LogP contribution >= 0.6 is 0 Å². The molecular weight excluding hydrogens is 292 g/mol. The van der Waals surface area contributed by atoms with Crippen LogP contribution in [0.4, 0.5) is 0 Å². The Balaban J connectivity index is 2.58. The molecule has 4 heteroatoms. The van der Waals surface area contributed by atoms with E-state index in [0.717, 1.165) is 16.9 Å². The second-order valence-corrected chi connectivity index (χ2v) is 4.76. The Bertz CT molecular complexity index is 664. The van der Waals surface area contributed by atoms with Crippen molar-refractivity contribution in [3.63, 3.8) is 0 Å². The fraction of sp³-hybridized carbons (Fsp3) is 0.316. The third kappa shape index (κ3) is 3.83. The number of carbonyl (C=O) groups is 1. The molecule has 4 nitrogen and oxygen atoms in total. The summed E-state index contributed by atoms with van der Waals surface area (Å²) in [7, 11) is 0. The van der Waals surface area contributed by atoms with Gasteiger partial charge in [0.15, 0.2) is 0 Å². The van der Waals surface area contributed by atoms with Crippen LogP contribution in [-0.2, 0) is 4.74 Å². The minimum absolute atomic E-state index is 0.324. The van der Waals surface area contributed by atoms with Crippen LogP contribution < -0.4 is 9.47 Å². The number of hydrogen-bond donors (Lipinski definition) is 0. The van der Waals surface area contributed by atoms with E-state index in [1.54, 1.807) is 13.0 Å². The number of benzene rings is 2. The molecule has 0 N–H and O–H groups in total. The molecule has 0 aliphatic heterocycles. The highest BCUT2D eigenvalue weighted by atomic mass is 16.5. The summed E-state index contributed by atoms with van der Waals surface area (Å²) in [6, 6.07) is 13.2. The monoisotopic (exact) mass is 314 g/mol. The lowest BCUT2D eigenvalue weighted by molar-refractivity contribution is 0.0522. The minimum atomic E-state index is -0.383. The summed E-state index contributed by atoms with van der Waals surface area (Å²) in [6.07, 6.45) is 0. The van der Waals surface area contributed by atoms with Crippen molar-refractivity contribution in [1.29, 1.82) is 0 Å². The van der Waals surface area contributed by atoms with Crippen molar-refractivity contribution in [1.82, 2.24) is 0 Å². The number of ether oxygens (including phenoxy) is 3. The SMILES string of the molecule is CCOC(=O)c1cccc(-c2ccccc2OCC)c1OCC. The van der Waals surface area contributed by atoms with E-state index >= 15 is 0 Å². The Hall–Kier alpha value is -2.49. The molecule has 0 fully saturated rings. The highest BCUT2D eigenvalue weighted by Gasteiger charge is 2.19. The van der Waals surface area contributed by atoms with Gasteiger partial charge in [0.05, 0.1) is 19.8 Å². The summed E-state index contributed by atoms with van der Waals surface area (Å²) in [6.45, 7) is 6.96. The Morgan fingerprint density at radius 3 is 2.22 bits per heavy atom. The van der Waals surface area contributed by atoms with Crippen LogP contribution in [0.25, 0.3) is 11.1 Å². The number of carbonyl (C=O) groups excluding carboxylic acids is 1. The molecule has 0 aromatic heterocycles. The van der Waals surface area contributed by atoms with Crippen molar-refractivity contribution in [3.05, 3.63) is 48.0 Å². The molecular formula is C19H22O4. The first-order valence-electron chi connectivity index (χ1n) is 7.88. The zero-order valence-corrected chi connectivity index (χ0v) is 13.8. The van der Waals surface area contributed by atoms with Gasteiger partial charge in [0.25, 0.3) is 0 Å². The predicted octanol–water partition coefficient (Wildman–Crippen LogP) is 4.33. The van der Waals surface area contributed by atoms with Crippen molar-refractivity contribution in [2.75, 3.05) is 19.8 Å². The molecule has 0 aliphatic rings. The smallest absolute Gasteiger partial charge is 0.341 e. The first kappa shape index (κ1) is 16.9. The van der Waals surface area contributed by atoms with Gasteiger partial charge in [-0.25, -0.2) is 4.79 Å². The largest absolute Gasteiger partial charge is 0.493 e. The highest BCUT2D eigenvalue weighted by molar-refractivity contribution is 5.96. The average Bonchev–Trinajstić information content (AvgIpc) is 2.56. The molecule has 0 aliphatic carbocycles. The Labute approximate surface area is 137 Å². The summed E-state index contributed by atoms with van der Waals surface area (Å²) >= 11 is 0. The minimum Gasteiger partial charge on any atom is -0.493 e. The number of rotatable bonds is 7. The molecule has 2 rings (SSSR count). The van der Waals surface area contributed by atoms with Crippen molar-refractivity contribution >= 4 is 5.97 Å². The lowest BCUT2D eigenvalue weighted by atomic mass is 10.0. The van der Waals surface area contributed by atoms with E-state index in [2.05, 4.69) is 0 Å². The van der Waals surface area contributed by atoms with E-state index in [-0.39, 0.29) is 5.97 Å². The molecule has 122 valence electrons. The van der Waals surface area contributed by atoms with Gasteiger partial charge < -0.3 is 14.2 Å². The highest BCUT2D eigenvalue weighted by Crippen LogP contribution is 2.38. The van der Waals surface area contributed by atoms with Crippen LogP contribution in [-0.4, -0.2) is 25.8 Å². The number of esters is 1. The van der Waals surface area contributed by atoms with Gasteiger partial charge in [0, 0.05) is 11.1 Å². The summed E-state index contributed by atoms with van der Waals surface area (Å²) in [5.41, 5.74) is 2.14. The molecule has 0 atom stereocenters. The maximum Gasteiger partial charge on any atom is 0.341 e. The van der Waals surface area contributed by atoms with E-state index in [4.69, 9.17) is 14.2 Å². The van der Waals surface area contributed by atoms with Crippen molar-refractivity contribution in [2.45, 2.75) is 20.8 Å². The van der Waals surface area contributed by atoms with Crippen LogP contribution in [0.3, 0.4) is 0 Å². The molecule has 0 unspecified atom stereocenters. The zero-order valence-electron chi connectivity index (χ0n) is 13.8. The van der Waals surface area contributed by atoms with Gasteiger partial charge in [-0.3, -0.25) is 0 Å². The van der Waals surface area contributed by atoms with E-state index in [1.807, 2.05) is 50.2 Å². The lowest BCUT2D eigenvalue weighted by Crippen LogP contribution is -2.09. The van der Waals surface area contributed by atoms with Crippen LogP contribution in [0, 0.1) is 0 Å². The number of hydrogen-bond acceptors (Lipinski definition) is 4. The molecule has 0 saturated carbocycles. The second-order valence-electron chi connectivity index (χ2n) is 4.76. The summed E-state index contributed by atoms with van der Waals surface area (Å²) < 4.78 is 16.6. The van der Waals surface area contributed by atoms with Crippen LogP contribution in [0.15, 0.2) is 42.5 Å². The second kappa shape index (κ2) is 8.22. The fourth-order valence-electron chi connectivity index (χ4n) is 2.39. The molecule has 2 aromatic rings. The standard InChI is InChI=1S/C19H22O4/c1-4-21-17-13-8-7-10-14(17)15-11-9-12-16(18(15)22-5-2)19(20)23-6-3/h7-13H,4-6H2,1-3H3. The molecule has 23 heavy (non-hydrogen) atoms. The van der Waals surface area contributed by atoms with E-state index in [0.29, 0.717) is 31.1 Å². The van der Waals surface area contributed by atoms with Gasteiger partial charge >= 0.3 is 5.97 Å². The van der Waals surface area contributed by atoms with Gasteiger partial charge in [-0.1, -0.05) is 30.3 Å². The molecule has 2 aromatic carbocycles. The summed E-state index contributed by atoms with van der Waals surface area (Å²) in [4.78, 5) is 12.2. The van der Waals surface area contributed by atoms with Gasteiger partial charge in [-0.2, -0.15) is 0 Å². The Morgan fingerprint density at radius 2 is 1.52 bits per heavy atom. The third-order valence-electron chi connectivity index (χ3n) is 3.28. The van der Waals surface area contributed by atoms with Crippen molar-refractivity contribution in [3.8, 4) is 22.6 Å². The first-order chi connectivity index (χ1) is 11.2. The molecule has 0 radical (unpaired) electrons. The maximum absolute atomic E-state index is 12.2. The summed E-state index contributed by atoms with van der Waals surface area (Å²) in [5, 5.41) is 0. The fourth-order valence-corrected chi connectivity index (χ4v) is 2.39. The maximum atomic E-state index is 12.2. The molecule has 0 heterocycles. The first-order valence-corrected chi connectivity index (χ1v) is 7.88. The van der Waals surface area contributed by atoms with Crippen LogP contribution in [0.2, 0.25) is 0 Å². The number of para-hydroxylation sites is 2. The average molecular weight is 314 g/mol. The van der Waals surface area contributed by atoms with Gasteiger partial charge in [0.2, 0.25) is 0 Å². The van der Waals surface area contributed by atoms with Crippen LogP contribution in [0.5, 0.6) is 11.5 Å². The Morgan fingerprint density at radius 1 is 0.826 bits per heavy atom. The van der Waals surface area contributed by atoms with E-state index < -0.39 is 0 Å². The van der Waals surface area contributed by atoms with E-state index in [9.17, 15) is 4.79 Å². The molecule has 0 spiro atoms. The third-order valence-corrected chi connectivity index (χ3v) is 3.28. The normalized spacial score (nSPS) is 10.2. The Kier molecular flexibility index (Phi) is 6.03. The molecule has 0 bridgehead atoms. The predicted molar refractivity (Wildman–Crippen MR) is 90.2 cm³/mol. The van der Waals surface area contributed by atoms with Crippen molar-refractivity contribution in [2.24, 2.45) is 0 Å². The molecule has 0 amide bonds.